The van der Waals surface area contributed by atoms with Crippen LogP contribution < -0.4 is 4.74 Å². The van der Waals surface area contributed by atoms with Gasteiger partial charge in [0.05, 0.1) is 22.0 Å². The first kappa shape index (κ1) is 10.8. The van der Waals surface area contributed by atoms with Crippen LogP contribution in [0.4, 0.5) is 0 Å². The first-order valence-corrected chi connectivity index (χ1v) is 5.36. The molecular formula is C11H10Cl2O2. The van der Waals surface area contributed by atoms with Crippen LogP contribution in [0.1, 0.15) is 30.6 Å². The highest BCUT2D eigenvalue weighted by molar-refractivity contribution is 6.37. The van der Waals surface area contributed by atoms with Gasteiger partial charge in [-0.15, -0.1) is 0 Å². The Kier molecular flexibility index (Phi) is 2.44. The Balaban J connectivity index is 2.64. The van der Waals surface area contributed by atoms with Crippen LogP contribution in [0.2, 0.25) is 10.0 Å². The van der Waals surface area contributed by atoms with Gasteiger partial charge in [0.2, 0.25) is 0 Å². The fourth-order valence-corrected chi connectivity index (χ4v) is 2.13. The second-order valence-corrected chi connectivity index (χ2v) is 5.01. The van der Waals surface area contributed by atoms with Gasteiger partial charge in [-0.05, 0) is 26.0 Å². The van der Waals surface area contributed by atoms with Crippen LogP contribution >= 0.6 is 23.2 Å². The predicted molar refractivity (Wildman–Crippen MR) is 60.1 cm³/mol. The predicted octanol–water partition coefficient (Wildman–Crippen LogP) is 3.74. The number of halogens is 2. The standard InChI is InChI=1S/C11H10Cl2O2/c1-11(2)5-8(14)9-6(12)3-4-7(13)10(9)15-11/h3-4H,5H2,1-2H3. The third-order valence-electron chi connectivity index (χ3n) is 2.30. The highest BCUT2D eigenvalue weighted by atomic mass is 35.5. The van der Waals surface area contributed by atoms with E-state index >= 15 is 0 Å². The first-order chi connectivity index (χ1) is 6.91. The topological polar surface area (TPSA) is 26.3 Å². The molecule has 15 heavy (non-hydrogen) atoms. The second-order valence-electron chi connectivity index (χ2n) is 4.20. The fourth-order valence-electron chi connectivity index (χ4n) is 1.68. The third-order valence-corrected chi connectivity index (χ3v) is 2.91. The Labute approximate surface area is 98.1 Å². The molecule has 0 unspecified atom stereocenters. The number of ketones is 1. The minimum absolute atomic E-state index is 0.0197. The first-order valence-electron chi connectivity index (χ1n) is 4.61. The summed E-state index contributed by atoms with van der Waals surface area (Å²) in [5.74, 6) is 0.388. The number of hydrogen-bond acceptors (Lipinski definition) is 2. The molecule has 0 spiro atoms. The monoisotopic (exact) mass is 244 g/mol. The molecule has 2 nitrogen and oxygen atoms in total. The van der Waals surface area contributed by atoms with Gasteiger partial charge < -0.3 is 4.74 Å². The number of carbonyl (C=O) groups is 1. The average molecular weight is 245 g/mol. The van der Waals surface area contributed by atoms with Gasteiger partial charge in [0.25, 0.3) is 0 Å². The number of benzene rings is 1. The van der Waals surface area contributed by atoms with Crippen LogP contribution in [0.15, 0.2) is 12.1 Å². The van der Waals surface area contributed by atoms with Crippen LogP contribution in [0.3, 0.4) is 0 Å². The maximum absolute atomic E-state index is 11.9. The van der Waals surface area contributed by atoms with Gasteiger partial charge in [-0.3, -0.25) is 4.79 Å². The van der Waals surface area contributed by atoms with Gasteiger partial charge in [-0.2, -0.15) is 0 Å². The van der Waals surface area contributed by atoms with E-state index in [4.69, 9.17) is 27.9 Å². The summed E-state index contributed by atoms with van der Waals surface area (Å²) in [4.78, 5) is 11.9. The molecule has 1 aliphatic heterocycles. The molecule has 1 aliphatic rings. The molecule has 0 fully saturated rings. The molecule has 0 aliphatic carbocycles. The second kappa shape index (κ2) is 3.39. The highest BCUT2D eigenvalue weighted by Crippen LogP contribution is 2.41. The summed E-state index contributed by atoms with van der Waals surface area (Å²) >= 11 is 11.9. The van der Waals surface area contributed by atoms with Gasteiger partial charge in [-0.1, -0.05) is 23.2 Å². The number of fused-ring (bicyclic) bond motifs is 1. The quantitative estimate of drug-likeness (QED) is 0.695. The van der Waals surface area contributed by atoms with E-state index in [-0.39, 0.29) is 5.78 Å². The zero-order chi connectivity index (χ0) is 11.2. The molecule has 0 atom stereocenters. The summed E-state index contributed by atoms with van der Waals surface area (Å²) in [6.07, 6.45) is 0.320. The number of ether oxygens (including phenoxy) is 1. The molecule has 0 N–H and O–H groups in total. The van der Waals surface area contributed by atoms with Gasteiger partial charge in [0, 0.05) is 0 Å². The Bertz CT molecular complexity index is 438. The van der Waals surface area contributed by atoms with E-state index in [1.807, 2.05) is 13.8 Å². The van der Waals surface area contributed by atoms with E-state index < -0.39 is 5.60 Å². The molecule has 0 radical (unpaired) electrons. The van der Waals surface area contributed by atoms with E-state index in [2.05, 4.69) is 0 Å². The molecule has 0 aromatic heterocycles. The van der Waals surface area contributed by atoms with Crippen molar-refractivity contribution in [2.75, 3.05) is 0 Å². The van der Waals surface area contributed by atoms with Crippen LogP contribution in [-0.4, -0.2) is 11.4 Å². The molecule has 0 saturated heterocycles. The van der Waals surface area contributed by atoms with Crippen LogP contribution in [0.25, 0.3) is 0 Å². The summed E-state index contributed by atoms with van der Waals surface area (Å²) in [7, 11) is 0. The Morgan fingerprint density at radius 2 is 1.87 bits per heavy atom. The number of rotatable bonds is 0. The maximum Gasteiger partial charge on any atom is 0.172 e. The van der Waals surface area contributed by atoms with Gasteiger partial charge in [-0.25, -0.2) is 0 Å². The van der Waals surface area contributed by atoms with Crippen LogP contribution in [-0.2, 0) is 0 Å². The lowest BCUT2D eigenvalue weighted by Crippen LogP contribution is -2.36. The SMILES string of the molecule is CC1(C)CC(=O)c2c(Cl)ccc(Cl)c2O1. The lowest BCUT2D eigenvalue weighted by Gasteiger charge is -2.32. The molecule has 4 heteroatoms. The molecule has 0 amide bonds. The molecule has 0 saturated carbocycles. The Morgan fingerprint density at radius 1 is 1.27 bits per heavy atom. The van der Waals surface area contributed by atoms with E-state index in [1.165, 1.54) is 0 Å². The zero-order valence-corrected chi connectivity index (χ0v) is 9.95. The summed E-state index contributed by atoms with van der Waals surface area (Å²) in [5, 5.41) is 0.824. The Morgan fingerprint density at radius 3 is 2.53 bits per heavy atom. The third kappa shape index (κ3) is 1.84. The number of Topliss-reactive ketones (excluding diaryl/α,β-unsaturated/α-hetero) is 1. The van der Waals surface area contributed by atoms with E-state index in [9.17, 15) is 4.79 Å². The van der Waals surface area contributed by atoms with Gasteiger partial charge in [0.1, 0.15) is 5.60 Å². The van der Waals surface area contributed by atoms with Gasteiger partial charge >= 0.3 is 0 Å². The minimum atomic E-state index is -0.515. The molecule has 2 rings (SSSR count). The lowest BCUT2D eigenvalue weighted by molar-refractivity contribution is 0.0621. The molecular weight excluding hydrogens is 235 g/mol. The van der Waals surface area contributed by atoms with E-state index in [0.717, 1.165) is 0 Å². The number of carbonyl (C=O) groups excluding carboxylic acids is 1. The summed E-state index contributed by atoms with van der Waals surface area (Å²) in [5.41, 5.74) is -0.109. The smallest absolute Gasteiger partial charge is 0.172 e. The summed E-state index contributed by atoms with van der Waals surface area (Å²) < 4.78 is 5.66. The average Bonchev–Trinajstić information content (AvgIpc) is 2.09. The minimum Gasteiger partial charge on any atom is -0.485 e. The molecule has 1 aromatic carbocycles. The summed E-state index contributed by atoms with van der Waals surface area (Å²) in [6.45, 7) is 3.70. The molecule has 1 aromatic rings. The van der Waals surface area contributed by atoms with E-state index in [0.29, 0.717) is 27.8 Å². The normalized spacial score (nSPS) is 18.3. The molecule has 1 heterocycles. The zero-order valence-electron chi connectivity index (χ0n) is 8.43. The highest BCUT2D eigenvalue weighted by Gasteiger charge is 2.35. The molecule has 80 valence electrons. The van der Waals surface area contributed by atoms with Gasteiger partial charge in [0.15, 0.2) is 11.5 Å². The Hall–Kier alpha value is -0.730. The van der Waals surface area contributed by atoms with Crippen molar-refractivity contribution in [1.29, 1.82) is 0 Å². The summed E-state index contributed by atoms with van der Waals surface area (Å²) in [6, 6.07) is 3.25. The van der Waals surface area contributed by atoms with Crippen molar-refractivity contribution in [2.45, 2.75) is 25.9 Å². The maximum atomic E-state index is 11.9. The lowest BCUT2D eigenvalue weighted by atomic mass is 9.93. The van der Waals surface area contributed by atoms with E-state index in [1.54, 1.807) is 12.1 Å². The fraction of sp³-hybridized carbons (Fsp3) is 0.364. The van der Waals surface area contributed by atoms with Crippen molar-refractivity contribution in [3.63, 3.8) is 0 Å². The largest absolute Gasteiger partial charge is 0.485 e. The van der Waals surface area contributed by atoms with Crippen molar-refractivity contribution in [2.24, 2.45) is 0 Å². The van der Waals surface area contributed by atoms with Crippen LogP contribution in [0, 0.1) is 0 Å². The number of hydrogen-bond donors (Lipinski definition) is 0. The van der Waals surface area contributed by atoms with Crippen molar-refractivity contribution < 1.29 is 9.53 Å². The van der Waals surface area contributed by atoms with Crippen molar-refractivity contribution >= 4 is 29.0 Å². The van der Waals surface area contributed by atoms with Crippen molar-refractivity contribution in [3.05, 3.63) is 27.7 Å². The van der Waals surface area contributed by atoms with Crippen molar-refractivity contribution in [1.82, 2.24) is 0 Å². The van der Waals surface area contributed by atoms with Crippen molar-refractivity contribution in [3.8, 4) is 5.75 Å². The van der Waals surface area contributed by atoms with Crippen LogP contribution in [0.5, 0.6) is 5.75 Å². The molecule has 0 bridgehead atoms.